The number of hydrogen-bond acceptors (Lipinski definition) is 3. The number of rotatable bonds is 2. The SMILES string of the molecule is NC[C@H](O)c1ccc(C(F)(F)F)o1. The molecule has 6 heteroatoms. The van der Waals surface area contributed by atoms with Gasteiger partial charge in [0.1, 0.15) is 11.9 Å². The summed E-state index contributed by atoms with van der Waals surface area (Å²) in [7, 11) is 0. The molecular weight excluding hydrogens is 187 g/mol. The fourth-order valence-electron chi connectivity index (χ4n) is 0.800. The van der Waals surface area contributed by atoms with Gasteiger partial charge in [0.25, 0.3) is 0 Å². The zero-order valence-electron chi connectivity index (χ0n) is 6.51. The zero-order valence-corrected chi connectivity index (χ0v) is 6.51. The van der Waals surface area contributed by atoms with E-state index in [2.05, 4.69) is 4.42 Å². The Labute approximate surface area is 72.0 Å². The van der Waals surface area contributed by atoms with E-state index >= 15 is 0 Å². The number of alkyl halides is 3. The van der Waals surface area contributed by atoms with Crippen molar-refractivity contribution in [2.75, 3.05) is 6.54 Å². The molecule has 0 saturated heterocycles. The van der Waals surface area contributed by atoms with Crippen LogP contribution in [0.25, 0.3) is 0 Å². The maximum atomic E-state index is 12.0. The van der Waals surface area contributed by atoms with Crippen molar-refractivity contribution in [2.24, 2.45) is 5.73 Å². The summed E-state index contributed by atoms with van der Waals surface area (Å²) in [6.45, 7) is -0.176. The molecule has 0 fully saturated rings. The summed E-state index contributed by atoms with van der Waals surface area (Å²) in [5.41, 5.74) is 5.03. The van der Waals surface area contributed by atoms with E-state index in [-0.39, 0.29) is 12.3 Å². The summed E-state index contributed by atoms with van der Waals surface area (Å²) in [5.74, 6) is -1.30. The van der Waals surface area contributed by atoms with Crippen LogP contribution in [0.4, 0.5) is 13.2 Å². The average Bonchev–Trinajstić information content (AvgIpc) is 2.50. The van der Waals surface area contributed by atoms with Crippen LogP contribution in [0.15, 0.2) is 16.5 Å². The van der Waals surface area contributed by atoms with Gasteiger partial charge < -0.3 is 15.3 Å². The number of hydrogen-bond donors (Lipinski definition) is 2. The van der Waals surface area contributed by atoms with E-state index in [0.717, 1.165) is 12.1 Å². The van der Waals surface area contributed by atoms with Gasteiger partial charge in [-0.3, -0.25) is 0 Å². The van der Waals surface area contributed by atoms with E-state index in [1.54, 1.807) is 0 Å². The maximum Gasteiger partial charge on any atom is 0.449 e. The molecule has 0 saturated carbocycles. The van der Waals surface area contributed by atoms with Gasteiger partial charge in [-0.05, 0) is 12.1 Å². The lowest BCUT2D eigenvalue weighted by Crippen LogP contribution is -2.10. The first kappa shape index (κ1) is 10.1. The molecule has 0 aliphatic carbocycles. The normalized spacial score (nSPS) is 14.5. The van der Waals surface area contributed by atoms with E-state index < -0.39 is 18.0 Å². The molecule has 0 aromatic carbocycles. The van der Waals surface area contributed by atoms with Crippen LogP contribution in [0.1, 0.15) is 17.6 Å². The Morgan fingerprint density at radius 1 is 1.46 bits per heavy atom. The van der Waals surface area contributed by atoms with Crippen molar-refractivity contribution in [1.29, 1.82) is 0 Å². The summed E-state index contributed by atoms with van der Waals surface area (Å²) in [6, 6.07) is 1.81. The van der Waals surface area contributed by atoms with Gasteiger partial charge in [0, 0.05) is 6.54 Å². The van der Waals surface area contributed by atoms with E-state index in [4.69, 9.17) is 10.8 Å². The van der Waals surface area contributed by atoms with E-state index in [1.165, 1.54) is 0 Å². The van der Waals surface area contributed by atoms with E-state index in [1.807, 2.05) is 0 Å². The summed E-state index contributed by atoms with van der Waals surface area (Å²) in [5, 5.41) is 9.02. The van der Waals surface area contributed by atoms with Crippen LogP contribution in [-0.2, 0) is 6.18 Å². The van der Waals surface area contributed by atoms with Crippen molar-refractivity contribution in [3.63, 3.8) is 0 Å². The van der Waals surface area contributed by atoms with Crippen molar-refractivity contribution in [1.82, 2.24) is 0 Å². The first-order valence-corrected chi connectivity index (χ1v) is 3.50. The Morgan fingerprint density at radius 2 is 2.08 bits per heavy atom. The predicted octanol–water partition coefficient (Wildman–Crippen LogP) is 1.29. The van der Waals surface area contributed by atoms with Crippen LogP contribution in [-0.4, -0.2) is 11.7 Å². The third-order valence-electron chi connectivity index (χ3n) is 1.46. The molecule has 0 spiro atoms. The molecule has 0 aliphatic rings. The van der Waals surface area contributed by atoms with Crippen molar-refractivity contribution < 1.29 is 22.7 Å². The molecule has 74 valence electrons. The molecule has 1 rings (SSSR count). The molecule has 0 bridgehead atoms. The van der Waals surface area contributed by atoms with Crippen LogP contribution in [0.5, 0.6) is 0 Å². The highest BCUT2D eigenvalue weighted by Gasteiger charge is 2.35. The number of aliphatic hydroxyl groups is 1. The molecule has 1 aromatic rings. The highest BCUT2D eigenvalue weighted by Crippen LogP contribution is 2.31. The summed E-state index contributed by atoms with van der Waals surface area (Å²) >= 11 is 0. The molecule has 0 unspecified atom stereocenters. The van der Waals surface area contributed by atoms with Crippen molar-refractivity contribution >= 4 is 0 Å². The Balaban J connectivity index is 2.87. The van der Waals surface area contributed by atoms with Gasteiger partial charge in [-0.1, -0.05) is 0 Å². The Bertz CT molecular complexity index is 282. The largest absolute Gasteiger partial charge is 0.454 e. The molecule has 1 aromatic heterocycles. The van der Waals surface area contributed by atoms with Crippen LogP contribution >= 0.6 is 0 Å². The van der Waals surface area contributed by atoms with Gasteiger partial charge >= 0.3 is 6.18 Å². The van der Waals surface area contributed by atoms with Gasteiger partial charge in [0.2, 0.25) is 5.76 Å². The number of furan rings is 1. The number of aliphatic hydroxyl groups excluding tert-OH is 1. The maximum absolute atomic E-state index is 12.0. The molecule has 0 amide bonds. The third kappa shape index (κ3) is 2.22. The van der Waals surface area contributed by atoms with E-state index in [9.17, 15) is 13.2 Å². The first-order chi connectivity index (χ1) is 5.95. The average molecular weight is 195 g/mol. The molecular formula is C7H8F3NO2. The standard InChI is InChI=1S/C7H8F3NO2/c8-7(9,10)6-2-1-5(13-6)4(12)3-11/h1-2,4,12H,3,11H2/t4-/m0/s1. The van der Waals surface area contributed by atoms with Gasteiger partial charge in [-0.2, -0.15) is 13.2 Å². The first-order valence-electron chi connectivity index (χ1n) is 3.50. The van der Waals surface area contributed by atoms with Crippen LogP contribution < -0.4 is 5.73 Å². The molecule has 1 atom stereocenters. The Hall–Kier alpha value is -1.01. The lowest BCUT2D eigenvalue weighted by Gasteiger charge is -2.04. The topological polar surface area (TPSA) is 59.4 Å². The molecule has 13 heavy (non-hydrogen) atoms. The van der Waals surface area contributed by atoms with Crippen molar-refractivity contribution in [2.45, 2.75) is 12.3 Å². The number of halogens is 3. The predicted molar refractivity (Wildman–Crippen MR) is 37.7 cm³/mol. The van der Waals surface area contributed by atoms with Gasteiger partial charge in [-0.25, -0.2) is 0 Å². The van der Waals surface area contributed by atoms with Crippen molar-refractivity contribution in [3.8, 4) is 0 Å². The Morgan fingerprint density at radius 3 is 2.46 bits per heavy atom. The lowest BCUT2D eigenvalue weighted by molar-refractivity contribution is -0.153. The second kappa shape index (κ2) is 3.39. The molecule has 1 heterocycles. The lowest BCUT2D eigenvalue weighted by atomic mass is 10.3. The zero-order chi connectivity index (χ0) is 10.1. The summed E-state index contributed by atoms with van der Waals surface area (Å²) in [6.07, 6.45) is -5.71. The minimum absolute atomic E-state index is 0.171. The molecule has 0 aliphatic heterocycles. The van der Waals surface area contributed by atoms with Crippen LogP contribution in [0.2, 0.25) is 0 Å². The quantitative estimate of drug-likeness (QED) is 0.747. The van der Waals surface area contributed by atoms with Gasteiger partial charge in [0.05, 0.1) is 0 Å². The fourth-order valence-corrected chi connectivity index (χ4v) is 0.800. The van der Waals surface area contributed by atoms with Gasteiger partial charge in [-0.15, -0.1) is 0 Å². The van der Waals surface area contributed by atoms with Crippen LogP contribution in [0.3, 0.4) is 0 Å². The second-order valence-corrected chi connectivity index (χ2v) is 2.45. The third-order valence-corrected chi connectivity index (χ3v) is 1.46. The molecule has 0 radical (unpaired) electrons. The summed E-state index contributed by atoms with van der Waals surface area (Å²) in [4.78, 5) is 0. The van der Waals surface area contributed by atoms with Crippen LogP contribution in [0, 0.1) is 0 Å². The smallest absolute Gasteiger partial charge is 0.449 e. The highest BCUT2D eigenvalue weighted by molar-refractivity contribution is 5.11. The molecule has 3 N–H and O–H groups in total. The van der Waals surface area contributed by atoms with Crippen molar-refractivity contribution in [3.05, 3.63) is 23.7 Å². The van der Waals surface area contributed by atoms with E-state index in [0.29, 0.717) is 0 Å². The Kier molecular flexibility index (Phi) is 2.63. The highest BCUT2D eigenvalue weighted by atomic mass is 19.4. The minimum atomic E-state index is -4.52. The summed E-state index contributed by atoms with van der Waals surface area (Å²) < 4.78 is 40.2. The number of nitrogens with two attached hydrogens (primary N) is 1. The second-order valence-electron chi connectivity index (χ2n) is 2.45. The fraction of sp³-hybridized carbons (Fsp3) is 0.429. The minimum Gasteiger partial charge on any atom is -0.454 e. The monoisotopic (exact) mass is 195 g/mol. The van der Waals surface area contributed by atoms with Gasteiger partial charge in [0.15, 0.2) is 0 Å². The molecule has 3 nitrogen and oxygen atoms in total.